The van der Waals surface area contributed by atoms with Crippen molar-refractivity contribution >= 4 is 17.5 Å². The van der Waals surface area contributed by atoms with E-state index >= 15 is 0 Å². The molecule has 1 saturated heterocycles. The Labute approximate surface area is 168 Å². The van der Waals surface area contributed by atoms with Crippen LogP contribution in [0.4, 0.5) is 10.1 Å². The molecular formula is C21H22FN3O4. The van der Waals surface area contributed by atoms with Gasteiger partial charge in [-0.05, 0) is 24.3 Å². The highest BCUT2D eigenvalue weighted by molar-refractivity contribution is 5.94. The van der Waals surface area contributed by atoms with Crippen molar-refractivity contribution in [3.63, 3.8) is 0 Å². The minimum atomic E-state index is -0.500. The third-order valence-electron chi connectivity index (χ3n) is 5.08. The first kappa shape index (κ1) is 19.2. The number of rotatable bonds is 5. The second-order valence-electron chi connectivity index (χ2n) is 6.98. The zero-order valence-electron chi connectivity index (χ0n) is 15.9. The Kier molecular flexibility index (Phi) is 5.62. The van der Waals surface area contributed by atoms with Crippen molar-refractivity contribution in [3.8, 4) is 11.5 Å². The summed E-state index contributed by atoms with van der Waals surface area (Å²) in [5.41, 5.74) is 0.767. The summed E-state index contributed by atoms with van der Waals surface area (Å²) in [7, 11) is 0. The van der Waals surface area contributed by atoms with Gasteiger partial charge in [0.25, 0.3) is 5.91 Å². The lowest BCUT2D eigenvalue weighted by Crippen LogP contribution is -2.49. The summed E-state index contributed by atoms with van der Waals surface area (Å²) in [5, 5.41) is 2.86. The first-order chi connectivity index (χ1) is 14.1. The summed E-state index contributed by atoms with van der Waals surface area (Å²) in [6, 6.07) is 11.3. The van der Waals surface area contributed by atoms with E-state index in [1.807, 2.05) is 0 Å². The topological polar surface area (TPSA) is 71.1 Å². The average Bonchev–Trinajstić information content (AvgIpc) is 3.20. The van der Waals surface area contributed by atoms with Crippen molar-refractivity contribution in [1.82, 2.24) is 9.80 Å². The van der Waals surface area contributed by atoms with Crippen LogP contribution in [0.3, 0.4) is 0 Å². The molecule has 0 bridgehead atoms. The Bertz CT molecular complexity index is 913. The second-order valence-corrected chi connectivity index (χ2v) is 6.98. The number of benzene rings is 2. The van der Waals surface area contributed by atoms with Gasteiger partial charge in [-0.15, -0.1) is 0 Å². The van der Waals surface area contributed by atoms with Crippen LogP contribution in [-0.4, -0.2) is 61.1 Å². The first-order valence-corrected chi connectivity index (χ1v) is 9.56. The molecule has 152 valence electrons. The van der Waals surface area contributed by atoms with Gasteiger partial charge in [-0.3, -0.25) is 14.5 Å². The SMILES string of the molecule is O=C(CCN1CCN(C(=O)c2ccccc2F)CC1)Nc1ccc2c(c1)OCO2. The number of anilines is 1. The summed E-state index contributed by atoms with van der Waals surface area (Å²) in [5.74, 6) is 0.418. The smallest absolute Gasteiger partial charge is 0.256 e. The second kappa shape index (κ2) is 8.48. The highest BCUT2D eigenvalue weighted by atomic mass is 19.1. The zero-order valence-corrected chi connectivity index (χ0v) is 15.9. The number of ether oxygens (including phenoxy) is 2. The molecule has 0 aliphatic carbocycles. The van der Waals surface area contributed by atoms with Crippen LogP contribution < -0.4 is 14.8 Å². The molecule has 7 nitrogen and oxygen atoms in total. The van der Waals surface area contributed by atoms with E-state index in [-0.39, 0.29) is 24.2 Å². The maximum Gasteiger partial charge on any atom is 0.256 e. The summed E-state index contributed by atoms with van der Waals surface area (Å²) >= 11 is 0. The van der Waals surface area contributed by atoms with E-state index in [1.54, 1.807) is 35.2 Å². The minimum Gasteiger partial charge on any atom is -0.454 e. The molecule has 1 N–H and O–H groups in total. The Hall–Kier alpha value is -3.13. The van der Waals surface area contributed by atoms with Gasteiger partial charge in [0.05, 0.1) is 5.56 Å². The van der Waals surface area contributed by atoms with E-state index in [0.29, 0.717) is 56.3 Å². The summed E-state index contributed by atoms with van der Waals surface area (Å²) in [6.07, 6.45) is 0.343. The van der Waals surface area contributed by atoms with Gasteiger partial charge in [-0.25, -0.2) is 4.39 Å². The number of hydrogen-bond donors (Lipinski definition) is 1. The Morgan fingerprint density at radius 2 is 1.76 bits per heavy atom. The van der Waals surface area contributed by atoms with E-state index in [0.717, 1.165) is 0 Å². The van der Waals surface area contributed by atoms with Crippen molar-refractivity contribution in [1.29, 1.82) is 0 Å². The van der Waals surface area contributed by atoms with Crippen molar-refractivity contribution in [2.45, 2.75) is 6.42 Å². The lowest BCUT2D eigenvalue weighted by atomic mass is 10.1. The standard InChI is InChI=1S/C21H22FN3O4/c22-17-4-2-1-3-16(17)21(27)25-11-9-24(10-12-25)8-7-20(26)23-15-5-6-18-19(13-15)29-14-28-18/h1-6,13H,7-12,14H2,(H,23,26). The molecule has 0 spiro atoms. The molecule has 0 aromatic heterocycles. The van der Waals surface area contributed by atoms with E-state index in [1.165, 1.54) is 12.1 Å². The molecule has 1 fully saturated rings. The monoisotopic (exact) mass is 399 g/mol. The Balaban J connectivity index is 1.22. The molecule has 2 aliphatic rings. The molecule has 29 heavy (non-hydrogen) atoms. The fraction of sp³-hybridized carbons (Fsp3) is 0.333. The maximum absolute atomic E-state index is 13.8. The lowest BCUT2D eigenvalue weighted by Gasteiger charge is -2.34. The van der Waals surface area contributed by atoms with Crippen LogP contribution in [-0.2, 0) is 4.79 Å². The number of nitrogens with zero attached hydrogens (tertiary/aromatic N) is 2. The summed E-state index contributed by atoms with van der Waals surface area (Å²) in [6.45, 7) is 3.11. The van der Waals surface area contributed by atoms with Crippen LogP contribution in [0.2, 0.25) is 0 Å². The van der Waals surface area contributed by atoms with Gasteiger partial charge in [0.2, 0.25) is 12.7 Å². The van der Waals surface area contributed by atoms with Crippen LogP contribution in [0.1, 0.15) is 16.8 Å². The number of carbonyl (C=O) groups excluding carboxylic acids is 2. The lowest BCUT2D eigenvalue weighted by molar-refractivity contribution is -0.116. The molecule has 2 aromatic rings. The fourth-order valence-electron chi connectivity index (χ4n) is 3.44. The molecule has 2 aromatic carbocycles. The number of piperazine rings is 1. The highest BCUT2D eigenvalue weighted by Crippen LogP contribution is 2.34. The predicted molar refractivity (Wildman–Crippen MR) is 105 cm³/mol. The number of nitrogens with one attached hydrogen (secondary N) is 1. The fourth-order valence-corrected chi connectivity index (χ4v) is 3.44. The van der Waals surface area contributed by atoms with Gasteiger partial charge in [0, 0.05) is 50.9 Å². The summed E-state index contributed by atoms with van der Waals surface area (Å²) in [4.78, 5) is 28.5. The van der Waals surface area contributed by atoms with Gasteiger partial charge in [0.15, 0.2) is 11.5 Å². The van der Waals surface area contributed by atoms with Gasteiger partial charge in [-0.2, -0.15) is 0 Å². The van der Waals surface area contributed by atoms with Crippen LogP contribution in [0.15, 0.2) is 42.5 Å². The predicted octanol–water partition coefficient (Wildman–Crippen LogP) is 2.34. The number of halogens is 1. The van der Waals surface area contributed by atoms with E-state index in [9.17, 15) is 14.0 Å². The third-order valence-corrected chi connectivity index (χ3v) is 5.08. The minimum absolute atomic E-state index is 0.0891. The maximum atomic E-state index is 13.8. The zero-order chi connectivity index (χ0) is 20.2. The molecule has 2 amide bonds. The summed E-state index contributed by atoms with van der Waals surface area (Å²) < 4.78 is 24.4. The van der Waals surface area contributed by atoms with E-state index in [2.05, 4.69) is 10.2 Å². The van der Waals surface area contributed by atoms with Crippen LogP contribution in [0, 0.1) is 5.82 Å². The van der Waals surface area contributed by atoms with Gasteiger partial charge < -0.3 is 19.7 Å². The molecule has 2 aliphatic heterocycles. The van der Waals surface area contributed by atoms with Crippen molar-refractivity contribution < 1.29 is 23.5 Å². The third kappa shape index (κ3) is 4.48. The molecule has 0 atom stereocenters. The molecule has 0 saturated carbocycles. The number of fused-ring (bicyclic) bond motifs is 1. The van der Waals surface area contributed by atoms with Crippen LogP contribution in [0.25, 0.3) is 0 Å². The largest absolute Gasteiger partial charge is 0.454 e. The quantitative estimate of drug-likeness (QED) is 0.836. The first-order valence-electron chi connectivity index (χ1n) is 9.56. The number of amides is 2. The number of carbonyl (C=O) groups is 2. The average molecular weight is 399 g/mol. The van der Waals surface area contributed by atoms with Crippen LogP contribution >= 0.6 is 0 Å². The van der Waals surface area contributed by atoms with Gasteiger partial charge >= 0.3 is 0 Å². The molecule has 0 unspecified atom stereocenters. The Morgan fingerprint density at radius 3 is 2.55 bits per heavy atom. The van der Waals surface area contributed by atoms with Crippen molar-refractivity contribution in [2.75, 3.05) is 44.8 Å². The van der Waals surface area contributed by atoms with E-state index < -0.39 is 5.82 Å². The molecule has 0 radical (unpaired) electrons. The van der Waals surface area contributed by atoms with Crippen molar-refractivity contribution in [3.05, 3.63) is 53.8 Å². The molecule has 2 heterocycles. The molecule has 4 rings (SSSR count). The molecule has 8 heteroatoms. The van der Waals surface area contributed by atoms with E-state index in [4.69, 9.17) is 9.47 Å². The highest BCUT2D eigenvalue weighted by Gasteiger charge is 2.24. The van der Waals surface area contributed by atoms with Gasteiger partial charge in [0.1, 0.15) is 5.82 Å². The number of hydrogen-bond acceptors (Lipinski definition) is 5. The Morgan fingerprint density at radius 1 is 1.00 bits per heavy atom. The van der Waals surface area contributed by atoms with Gasteiger partial charge in [-0.1, -0.05) is 12.1 Å². The van der Waals surface area contributed by atoms with Crippen LogP contribution in [0.5, 0.6) is 11.5 Å². The normalized spacial score (nSPS) is 16.0. The molecular weight excluding hydrogens is 377 g/mol. The van der Waals surface area contributed by atoms with Crippen molar-refractivity contribution in [2.24, 2.45) is 0 Å².